The van der Waals surface area contributed by atoms with Crippen LogP contribution in [-0.4, -0.2) is 38.8 Å². The van der Waals surface area contributed by atoms with E-state index in [0.29, 0.717) is 25.0 Å². The first-order valence-electron chi connectivity index (χ1n) is 6.21. The molecule has 1 aliphatic heterocycles. The highest BCUT2D eigenvalue weighted by molar-refractivity contribution is 5.76. The molecule has 2 unspecified atom stereocenters. The van der Waals surface area contributed by atoms with Crippen molar-refractivity contribution in [1.82, 2.24) is 10.6 Å². The average molecular weight is 228 g/mol. The van der Waals surface area contributed by atoms with Crippen LogP contribution in [0.2, 0.25) is 0 Å². The molecule has 1 fully saturated rings. The Balaban J connectivity index is 2.21. The minimum Gasteiger partial charge on any atom is -0.384 e. The largest absolute Gasteiger partial charge is 0.384 e. The molecule has 2 atom stereocenters. The molecular formula is C12H24N2O2. The molecule has 0 bridgehead atoms. The van der Waals surface area contributed by atoms with Gasteiger partial charge in [0, 0.05) is 32.7 Å². The average Bonchev–Trinajstić information content (AvgIpc) is 2.46. The highest BCUT2D eigenvalue weighted by Crippen LogP contribution is 2.06. The van der Waals surface area contributed by atoms with Crippen LogP contribution in [-0.2, 0) is 9.53 Å². The first-order chi connectivity index (χ1) is 7.72. The van der Waals surface area contributed by atoms with Crippen LogP contribution in [0, 0.1) is 5.92 Å². The molecule has 0 aromatic heterocycles. The van der Waals surface area contributed by atoms with Crippen LogP contribution in [0.1, 0.15) is 32.6 Å². The smallest absolute Gasteiger partial charge is 0.220 e. The molecule has 1 aliphatic rings. The van der Waals surface area contributed by atoms with E-state index < -0.39 is 0 Å². The summed E-state index contributed by atoms with van der Waals surface area (Å²) in [6.45, 7) is 4.67. The van der Waals surface area contributed by atoms with Gasteiger partial charge in [0.15, 0.2) is 0 Å². The minimum absolute atomic E-state index is 0.151. The quantitative estimate of drug-likeness (QED) is 0.735. The Labute approximate surface area is 98.1 Å². The van der Waals surface area contributed by atoms with Crippen molar-refractivity contribution in [3.05, 3.63) is 0 Å². The maximum atomic E-state index is 11.7. The number of ether oxygens (including phenoxy) is 1. The van der Waals surface area contributed by atoms with Gasteiger partial charge in [-0.25, -0.2) is 0 Å². The van der Waals surface area contributed by atoms with Gasteiger partial charge in [0.25, 0.3) is 0 Å². The lowest BCUT2D eigenvalue weighted by molar-refractivity contribution is -0.123. The second-order valence-electron chi connectivity index (χ2n) is 4.73. The van der Waals surface area contributed by atoms with E-state index >= 15 is 0 Å². The zero-order chi connectivity index (χ0) is 11.8. The van der Waals surface area contributed by atoms with Gasteiger partial charge in [-0.05, 0) is 25.3 Å². The van der Waals surface area contributed by atoms with Crippen molar-refractivity contribution in [2.45, 2.75) is 38.6 Å². The van der Waals surface area contributed by atoms with Gasteiger partial charge < -0.3 is 15.4 Å². The number of carbonyl (C=O) groups excluding carboxylic acids is 1. The van der Waals surface area contributed by atoms with Crippen LogP contribution < -0.4 is 10.6 Å². The van der Waals surface area contributed by atoms with Crippen molar-refractivity contribution in [3.63, 3.8) is 0 Å². The maximum absolute atomic E-state index is 11.7. The molecule has 0 aliphatic carbocycles. The SMILES string of the molecule is COCC(C)CC(=O)NC1CCCCNC1. The number of rotatable bonds is 5. The predicted octanol–water partition coefficient (Wildman–Crippen LogP) is 0.917. The van der Waals surface area contributed by atoms with Crippen LogP contribution in [0.25, 0.3) is 0 Å². The molecule has 4 nitrogen and oxygen atoms in total. The zero-order valence-corrected chi connectivity index (χ0v) is 10.4. The summed E-state index contributed by atoms with van der Waals surface area (Å²) < 4.78 is 5.02. The third-order valence-corrected chi connectivity index (χ3v) is 2.90. The van der Waals surface area contributed by atoms with Gasteiger partial charge in [0.05, 0.1) is 0 Å². The molecule has 0 saturated carbocycles. The van der Waals surface area contributed by atoms with E-state index in [9.17, 15) is 4.79 Å². The molecule has 0 radical (unpaired) electrons. The van der Waals surface area contributed by atoms with E-state index in [0.717, 1.165) is 19.5 Å². The second-order valence-corrected chi connectivity index (χ2v) is 4.73. The predicted molar refractivity (Wildman–Crippen MR) is 64.3 cm³/mol. The van der Waals surface area contributed by atoms with E-state index in [1.807, 2.05) is 6.92 Å². The van der Waals surface area contributed by atoms with Gasteiger partial charge in [0.2, 0.25) is 5.91 Å². The summed E-state index contributed by atoms with van der Waals surface area (Å²) in [6, 6.07) is 0.310. The number of hydrogen-bond donors (Lipinski definition) is 2. The molecule has 2 N–H and O–H groups in total. The van der Waals surface area contributed by atoms with Gasteiger partial charge in [-0.1, -0.05) is 13.3 Å². The number of carbonyl (C=O) groups is 1. The summed E-state index contributed by atoms with van der Waals surface area (Å²) in [4.78, 5) is 11.7. The minimum atomic E-state index is 0.151. The van der Waals surface area contributed by atoms with Gasteiger partial charge in [0.1, 0.15) is 0 Å². The Morgan fingerprint density at radius 1 is 1.56 bits per heavy atom. The van der Waals surface area contributed by atoms with Crippen molar-refractivity contribution in [2.75, 3.05) is 26.8 Å². The first-order valence-corrected chi connectivity index (χ1v) is 6.21. The van der Waals surface area contributed by atoms with Crippen molar-refractivity contribution in [1.29, 1.82) is 0 Å². The molecule has 0 spiro atoms. The van der Waals surface area contributed by atoms with Crippen LogP contribution in [0.5, 0.6) is 0 Å². The fraction of sp³-hybridized carbons (Fsp3) is 0.917. The number of methoxy groups -OCH3 is 1. The van der Waals surface area contributed by atoms with E-state index in [4.69, 9.17) is 4.74 Å². The fourth-order valence-corrected chi connectivity index (χ4v) is 2.09. The molecule has 0 aromatic rings. The third kappa shape index (κ3) is 5.47. The fourth-order valence-electron chi connectivity index (χ4n) is 2.09. The maximum Gasteiger partial charge on any atom is 0.220 e. The van der Waals surface area contributed by atoms with Crippen LogP contribution in [0.15, 0.2) is 0 Å². The van der Waals surface area contributed by atoms with Crippen molar-refractivity contribution in [3.8, 4) is 0 Å². The first kappa shape index (κ1) is 13.5. The monoisotopic (exact) mass is 228 g/mol. The molecule has 4 heteroatoms. The molecule has 1 amide bonds. The number of hydrogen-bond acceptors (Lipinski definition) is 3. The lowest BCUT2D eigenvalue weighted by Crippen LogP contribution is -2.41. The Morgan fingerprint density at radius 3 is 3.12 bits per heavy atom. The van der Waals surface area contributed by atoms with Gasteiger partial charge >= 0.3 is 0 Å². The normalized spacial score (nSPS) is 23.5. The van der Waals surface area contributed by atoms with E-state index in [1.54, 1.807) is 7.11 Å². The van der Waals surface area contributed by atoms with Crippen LogP contribution in [0.4, 0.5) is 0 Å². The molecule has 0 aromatic carbocycles. The molecule has 16 heavy (non-hydrogen) atoms. The van der Waals surface area contributed by atoms with E-state index in [1.165, 1.54) is 12.8 Å². The third-order valence-electron chi connectivity index (χ3n) is 2.90. The van der Waals surface area contributed by atoms with Gasteiger partial charge in [-0.15, -0.1) is 0 Å². The summed E-state index contributed by atoms with van der Waals surface area (Å²) in [7, 11) is 1.67. The summed E-state index contributed by atoms with van der Waals surface area (Å²) in [6.07, 6.45) is 4.07. The Kier molecular flexibility index (Phi) is 6.42. The number of nitrogens with one attached hydrogen (secondary N) is 2. The van der Waals surface area contributed by atoms with Crippen molar-refractivity contribution >= 4 is 5.91 Å². The summed E-state index contributed by atoms with van der Waals surface area (Å²) in [5, 5.41) is 6.43. The molecule has 94 valence electrons. The van der Waals surface area contributed by atoms with Crippen molar-refractivity contribution in [2.24, 2.45) is 5.92 Å². The molecule has 1 saturated heterocycles. The summed E-state index contributed by atoms with van der Waals surface area (Å²) in [5.74, 6) is 0.446. The molecule has 1 rings (SSSR count). The second kappa shape index (κ2) is 7.63. The van der Waals surface area contributed by atoms with Crippen LogP contribution >= 0.6 is 0 Å². The van der Waals surface area contributed by atoms with Gasteiger partial charge in [-0.2, -0.15) is 0 Å². The zero-order valence-electron chi connectivity index (χ0n) is 10.4. The standard InChI is InChI=1S/C12H24N2O2/c1-10(9-16-2)7-12(15)14-11-5-3-4-6-13-8-11/h10-11,13H,3-9H2,1-2H3,(H,14,15). The molecular weight excluding hydrogens is 204 g/mol. The summed E-state index contributed by atoms with van der Waals surface area (Å²) in [5.41, 5.74) is 0. The Hall–Kier alpha value is -0.610. The van der Waals surface area contributed by atoms with Gasteiger partial charge in [-0.3, -0.25) is 4.79 Å². The lowest BCUT2D eigenvalue weighted by atomic mass is 10.1. The molecule has 1 heterocycles. The topological polar surface area (TPSA) is 50.4 Å². The number of amides is 1. The highest BCUT2D eigenvalue weighted by atomic mass is 16.5. The van der Waals surface area contributed by atoms with Crippen LogP contribution in [0.3, 0.4) is 0 Å². The van der Waals surface area contributed by atoms with Crippen molar-refractivity contribution < 1.29 is 9.53 Å². The van der Waals surface area contributed by atoms with E-state index in [-0.39, 0.29) is 5.91 Å². The highest BCUT2D eigenvalue weighted by Gasteiger charge is 2.15. The Morgan fingerprint density at radius 2 is 2.38 bits per heavy atom. The Bertz CT molecular complexity index is 201. The summed E-state index contributed by atoms with van der Waals surface area (Å²) >= 11 is 0. The van der Waals surface area contributed by atoms with E-state index in [2.05, 4.69) is 10.6 Å². The lowest BCUT2D eigenvalue weighted by Gasteiger charge is -2.18.